The summed E-state index contributed by atoms with van der Waals surface area (Å²) in [4.78, 5) is 23.9. The first-order valence-electron chi connectivity index (χ1n) is 10.2. The van der Waals surface area contributed by atoms with E-state index < -0.39 is 17.4 Å². The van der Waals surface area contributed by atoms with Crippen LogP contribution in [0.3, 0.4) is 0 Å². The number of aliphatic imine (C=N–C) groups is 2. The zero-order valence-electron chi connectivity index (χ0n) is 17.7. The van der Waals surface area contributed by atoms with Gasteiger partial charge in [0.1, 0.15) is 5.75 Å². The number of piperidine rings is 1. The Hall–Kier alpha value is -3.36. The lowest BCUT2D eigenvalue weighted by Gasteiger charge is -2.35. The van der Waals surface area contributed by atoms with Crippen molar-refractivity contribution in [1.29, 1.82) is 0 Å². The molecule has 168 valence electrons. The predicted molar refractivity (Wildman–Crippen MR) is 117 cm³/mol. The molecule has 1 spiro atoms. The molecular formula is C23H23F3N4O2. The molecule has 2 aromatic carbocycles. The van der Waals surface area contributed by atoms with E-state index >= 15 is 0 Å². The average Bonchev–Trinajstić information content (AvgIpc) is 3.09. The van der Waals surface area contributed by atoms with Gasteiger partial charge >= 0.3 is 12.2 Å². The van der Waals surface area contributed by atoms with Gasteiger partial charge in [0.05, 0.1) is 29.8 Å². The fraction of sp³-hybridized carbons (Fsp3) is 0.348. The van der Waals surface area contributed by atoms with E-state index in [0.717, 1.165) is 12.1 Å². The summed E-state index contributed by atoms with van der Waals surface area (Å²) in [5.41, 5.74) is 1.12. The number of para-hydroxylation sites is 2. The molecule has 6 nitrogen and oxygen atoms in total. The van der Waals surface area contributed by atoms with Gasteiger partial charge in [-0.25, -0.2) is 4.79 Å². The number of nitrogens with one attached hydrogen (secondary N) is 1. The van der Waals surface area contributed by atoms with Crippen molar-refractivity contribution in [3.8, 4) is 5.75 Å². The summed E-state index contributed by atoms with van der Waals surface area (Å²) in [6.07, 6.45) is -3.31. The number of benzene rings is 2. The topological polar surface area (TPSA) is 66.3 Å². The number of carbonyl (C=O) groups excluding carboxylic acids is 1. The molecule has 0 unspecified atom stereocenters. The highest BCUT2D eigenvalue weighted by molar-refractivity contribution is 6.48. The summed E-state index contributed by atoms with van der Waals surface area (Å²) >= 11 is 0. The third-order valence-corrected chi connectivity index (χ3v) is 5.72. The highest BCUT2D eigenvalue weighted by Crippen LogP contribution is 2.35. The van der Waals surface area contributed by atoms with Gasteiger partial charge in [-0.15, -0.1) is 0 Å². The minimum Gasteiger partial charge on any atom is -0.495 e. The number of methoxy groups -OCH3 is 1. The Kier molecular flexibility index (Phi) is 5.66. The van der Waals surface area contributed by atoms with Gasteiger partial charge in [-0.05, 0) is 31.2 Å². The third kappa shape index (κ3) is 4.32. The number of likely N-dealkylation sites (tertiary alicyclic amines) is 1. The first-order chi connectivity index (χ1) is 15.2. The van der Waals surface area contributed by atoms with Gasteiger partial charge in [0.25, 0.3) is 0 Å². The van der Waals surface area contributed by atoms with Crippen LogP contribution < -0.4 is 10.1 Å². The number of halogens is 3. The van der Waals surface area contributed by atoms with Crippen molar-refractivity contribution in [2.75, 3.05) is 25.5 Å². The molecule has 1 saturated heterocycles. The Morgan fingerprint density at radius 2 is 1.72 bits per heavy atom. The number of nitrogens with zero attached hydrogens (tertiary/aromatic N) is 3. The van der Waals surface area contributed by atoms with Crippen molar-refractivity contribution in [2.24, 2.45) is 9.98 Å². The number of rotatable bonds is 3. The fourth-order valence-electron chi connectivity index (χ4n) is 4.00. The molecule has 2 aromatic rings. The van der Waals surface area contributed by atoms with Crippen LogP contribution in [0.5, 0.6) is 5.75 Å². The average molecular weight is 444 g/mol. The monoisotopic (exact) mass is 444 g/mol. The molecule has 2 aliphatic rings. The van der Waals surface area contributed by atoms with E-state index in [1.807, 2.05) is 19.1 Å². The molecule has 2 aliphatic heterocycles. The van der Waals surface area contributed by atoms with Crippen LogP contribution in [0.25, 0.3) is 0 Å². The lowest BCUT2D eigenvalue weighted by molar-refractivity contribution is -0.137. The Balaban J connectivity index is 1.44. The number of urea groups is 1. The van der Waals surface area contributed by atoms with E-state index in [1.165, 1.54) is 12.1 Å². The Morgan fingerprint density at radius 3 is 2.34 bits per heavy atom. The first-order valence-corrected chi connectivity index (χ1v) is 10.2. The summed E-state index contributed by atoms with van der Waals surface area (Å²) in [7, 11) is 1.54. The van der Waals surface area contributed by atoms with Gasteiger partial charge < -0.3 is 15.0 Å². The molecule has 0 atom stereocenters. The molecule has 1 fully saturated rings. The number of carbonyl (C=O) groups is 1. The molecule has 32 heavy (non-hydrogen) atoms. The largest absolute Gasteiger partial charge is 0.495 e. The van der Waals surface area contributed by atoms with Gasteiger partial charge in [0.15, 0.2) is 5.66 Å². The molecule has 9 heteroatoms. The molecule has 0 radical (unpaired) electrons. The second-order valence-corrected chi connectivity index (χ2v) is 7.83. The normalized spacial score (nSPS) is 17.7. The molecule has 4 rings (SSSR count). The van der Waals surface area contributed by atoms with Crippen LogP contribution >= 0.6 is 0 Å². The maximum absolute atomic E-state index is 12.8. The molecule has 1 N–H and O–H groups in total. The summed E-state index contributed by atoms with van der Waals surface area (Å²) in [5.74, 6) is 0.580. The standard InChI is InChI=1S/C23H23F3N4O2/c1-15-20(16-7-9-17(10-8-16)23(24,25)26)29-22(28-15)11-13-30(14-12-22)21(31)27-18-5-3-4-6-19(18)32-2/h3-10H,11-14H2,1-2H3,(H,27,31). The van der Waals surface area contributed by atoms with Crippen LogP contribution in [0.1, 0.15) is 30.9 Å². The Bertz CT molecular complexity index is 1070. The number of alkyl halides is 3. The van der Waals surface area contributed by atoms with Gasteiger partial charge in [-0.1, -0.05) is 24.3 Å². The van der Waals surface area contributed by atoms with E-state index in [0.29, 0.717) is 54.4 Å². The van der Waals surface area contributed by atoms with Gasteiger partial charge in [-0.2, -0.15) is 13.2 Å². The number of hydrogen-bond acceptors (Lipinski definition) is 4. The number of ether oxygens (including phenoxy) is 1. The van der Waals surface area contributed by atoms with Gasteiger partial charge in [0.2, 0.25) is 0 Å². The fourth-order valence-corrected chi connectivity index (χ4v) is 4.00. The molecule has 0 bridgehead atoms. The minimum absolute atomic E-state index is 0.227. The lowest BCUT2D eigenvalue weighted by Crippen LogP contribution is -2.46. The van der Waals surface area contributed by atoms with Crippen molar-refractivity contribution in [3.05, 3.63) is 59.7 Å². The molecule has 0 saturated carbocycles. The van der Waals surface area contributed by atoms with E-state index in [1.54, 1.807) is 24.1 Å². The van der Waals surface area contributed by atoms with Crippen LogP contribution in [0, 0.1) is 0 Å². The molecule has 2 amide bonds. The van der Waals surface area contributed by atoms with Crippen LogP contribution in [-0.4, -0.2) is 48.2 Å². The van der Waals surface area contributed by atoms with E-state index in [4.69, 9.17) is 14.7 Å². The zero-order chi connectivity index (χ0) is 22.9. The van der Waals surface area contributed by atoms with Crippen molar-refractivity contribution in [3.63, 3.8) is 0 Å². The molecule has 0 aliphatic carbocycles. The SMILES string of the molecule is COc1ccccc1NC(=O)N1CCC2(CC1)N=C(C)C(c1ccc(C(F)(F)F)cc1)=N2. The maximum Gasteiger partial charge on any atom is 0.416 e. The smallest absolute Gasteiger partial charge is 0.416 e. The van der Waals surface area contributed by atoms with Crippen molar-refractivity contribution in [2.45, 2.75) is 31.6 Å². The van der Waals surface area contributed by atoms with E-state index in [-0.39, 0.29) is 6.03 Å². The van der Waals surface area contributed by atoms with Crippen LogP contribution in [0.2, 0.25) is 0 Å². The van der Waals surface area contributed by atoms with Gasteiger partial charge in [0, 0.05) is 31.5 Å². The van der Waals surface area contributed by atoms with E-state index in [2.05, 4.69) is 5.32 Å². The van der Waals surface area contributed by atoms with Gasteiger partial charge in [-0.3, -0.25) is 9.98 Å². The number of hydrogen-bond donors (Lipinski definition) is 1. The van der Waals surface area contributed by atoms with E-state index in [9.17, 15) is 18.0 Å². The predicted octanol–water partition coefficient (Wildman–Crippen LogP) is 5.00. The van der Waals surface area contributed by atoms with Crippen LogP contribution in [0.4, 0.5) is 23.7 Å². The van der Waals surface area contributed by atoms with Crippen LogP contribution in [-0.2, 0) is 6.18 Å². The highest BCUT2D eigenvalue weighted by atomic mass is 19.4. The molecular weight excluding hydrogens is 421 g/mol. The van der Waals surface area contributed by atoms with Crippen LogP contribution in [0.15, 0.2) is 58.5 Å². The summed E-state index contributed by atoms with van der Waals surface area (Å²) < 4.78 is 43.8. The Morgan fingerprint density at radius 1 is 1.06 bits per heavy atom. The quantitative estimate of drug-likeness (QED) is 0.724. The second kappa shape index (κ2) is 8.29. The summed E-state index contributed by atoms with van der Waals surface area (Å²) in [5, 5.41) is 2.87. The van der Waals surface area contributed by atoms with Crippen molar-refractivity contribution >= 4 is 23.1 Å². The minimum atomic E-state index is -4.38. The second-order valence-electron chi connectivity index (χ2n) is 7.83. The summed E-state index contributed by atoms with van der Waals surface area (Å²) in [6, 6.07) is 11.9. The number of anilines is 1. The number of amides is 2. The molecule has 0 aromatic heterocycles. The zero-order valence-corrected chi connectivity index (χ0v) is 17.7. The first kappa shape index (κ1) is 21.9. The van der Waals surface area contributed by atoms with Crippen molar-refractivity contribution in [1.82, 2.24) is 4.90 Å². The highest BCUT2D eigenvalue weighted by Gasteiger charge is 2.39. The van der Waals surface area contributed by atoms with Crippen molar-refractivity contribution < 1.29 is 22.7 Å². The summed E-state index contributed by atoms with van der Waals surface area (Å²) in [6.45, 7) is 2.73. The third-order valence-electron chi connectivity index (χ3n) is 5.72. The Labute approximate surface area is 183 Å². The lowest BCUT2D eigenvalue weighted by atomic mass is 9.98. The maximum atomic E-state index is 12.8. The molecule has 2 heterocycles.